The van der Waals surface area contributed by atoms with Gasteiger partial charge in [0.1, 0.15) is 0 Å². The molecule has 2 rings (SSSR count). The molecule has 1 saturated carbocycles. The van der Waals surface area contributed by atoms with Gasteiger partial charge in [-0.3, -0.25) is 9.59 Å². The van der Waals surface area contributed by atoms with Crippen molar-refractivity contribution < 1.29 is 23.9 Å². The van der Waals surface area contributed by atoms with Crippen LogP contribution in [0.3, 0.4) is 0 Å². The Morgan fingerprint density at radius 2 is 1.83 bits per heavy atom. The number of aromatic amines is 1. The molecule has 1 aliphatic rings. The maximum Gasteiger partial charge on any atom is 0.339 e. The minimum Gasteiger partial charge on any atom is -0.465 e. The fourth-order valence-corrected chi connectivity index (χ4v) is 3.16. The van der Waals surface area contributed by atoms with Crippen molar-refractivity contribution in [1.82, 2.24) is 4.98 Å². The number of nitrogens with one attached hydrogen (secondary N) is 1. The fraction of sp³-hybridized carbons (Fsp3) is 0.588. The molecule has 6 nitrogen and oxygen atoms in total. The number of hydrogen-bond acceptors (Lipinski definition) is 5. The lowest BCUT2D eigenvalue weighted by Gasteiger charge is -2.08. The number of hydrogen-bond donors (Lipinski definition) is 1. The van der Waals surface area contributed by atoms with Gasteiger partial charge in [-0.15, -0.1) is 0 Å². The Kier molecular flexibility index (Phi) is 5.58. The molecule has 0 bridgehead atoms. The number of carbonyl (C=O) groups excluding carboxylic acids is 3. The first-order chi connectivity index (χ1) is 10.9. The third-order valence-electron chi connectivity index (χ3n) is 4.40. The molecule has 1 aliphatic carbocycles. The Morgan fingerprint density at radius 1 is 1.17 bits per heavy atom. The summed E-state index contributed by atoms with van der Waals surface area (Å²) in [4.78, 5) is 38.6. The lowest BCUT2D eigenvalue weighted by molar-refractivity contribution is -0.143. The van der Waals surface area contributed by atoms with Gasteiger partial charge in [-0.05, 0) is 38.2 Å². The Bertz CT molecular complexity index is 611. The zero-order valence-corrected chi connectivity index (χ0v) is 13.9. The van der Waals surface area contributed by atoms with Crippen molar-refractivity contribution in [2.45, 2.75) is 46.0 Å². The summed E-state index contributed by atoms with van der Waals surface area (Å²) in [6, 6.07) is 0. The Balaban J connectivity index is 1.95. The van der Waals surface area contributed by atoms with Gasteiger partial charge in [-0.25, -0.2) is 4.79 Å². The van der Waals surface area contributed by atoms with E-state index in [-0.39, 0.29) is 24.1 Å². The number of methoxy groups -OCH3 is 1. The topological polar surface area (TPSA) is 85.5 Å². The van der Waals surface area contributed by atoms with Gasteiger partial charge in [-0.2, -0.15) is 0 Å². The first kappa shape index (κ1) is 17.2. The van der Waals surface area contributed by atoms with E-state index in [1.54, 1.807) is 13.8 Å². The van der Waals surface area contributed by atoms with Gasteiger partial charge < -0.3 is 14.5 Å². The highest BCUT2D eigenvalue weighted by atomic mass is 16.5. The minimum atomic E-state index is -0.492. The van der Waals surface area contributed by atoms with E-state index in [1.165, 1.54) is 7.11 Å². The normalized spacial score (nSPS) is 14.7. The molecule has 0 amide bonds. The van der Waals surface area contributed by atoms with Crippen molar-refractivity contribution in [3.8, 4) is 0 Å². The van der Waals surface area contributed by atoms with Crippen molar-refractivity contribution in [3.63, 3.8) is 0 Å². The molecule has 0 aromatic carbocycles. The van der Waals surface area contributed by atoms with Crippen molar-refractivity contribution in [3.05, 3.63) is 22.5 Å². The molecule has 1 aromatic heterocycles. The molecule has 6 heteroatoms. The number of aryl methyl sites for hydroxylation is 1. The van der Waals surface area contributed by atoms with Crippen LogP contribution in [0.1, 0.15) is 64.2 Å². The highest BCUT2D eigenvalue weighted by Crippen LogP contribution is 2.27. The summed E-state index contributed by atoms with van der Waals surface area (Å²) in [5.74, 6) is -0.786. The average molecular weight is 321 g/mol. The standard InChI is InChI=1S/C17H23NO5/c1-10-15(17(21)22-3)11(2)18-16(10)13(19)9-23-14(20)8-12-6-4-5-7-12/h12,18H,4-9H2,1-3H3. The van der Waals surface area contributed by atoms with Crippen molar-refractivity contribution in [1.29, 1.82) is 0 Å². The number of esters is 2. The number of carbonyl (C=O) groups is 3. The molecule has 1 aromatic rings. The van der Waals surface area contributed by atoms with Gasteiger partial charge in [0.05, 0.1) is 18.4 Å². The Hall–Kier alpha value is -2.11. The van der Waals surface area contributed by atoms with Gasteiger partial charge in [0.2, 0.25) is 5.78 Å². The SMILES string of the molecule is COC(=O)c1c(C)[nH]c(C(=O)COC(=O)CC2CCCC2)c1C. The van der Waals surface area contributed by atoms with Crippen LogP contribution in [0.2, 0.25) is 0 Å². The zero-order valence-electron chi connectivity index (χ0n) is 13.9. The van der Waals surface area contributed by atoms with Crippen molar-refractivity contribution >= 4 is 17.7 Å². The molecule has 0 atom stereocenters. The molecule has 1 heterocycles. The molecule has 0 spiro atoms. The van der Waals surface area contributed by atoms with Gasteiger partial charge in [0.15, 0.2) is 6.61 Å². The van der Waals surface area contributed by atoms with E-state index in [0.717, 1.165) is 25.7 Å². The molecule has 0 unspecified atom stereocenters. The third-order valence-corrected chi connectivity index (χ3v) is 4.40. The van der Waals surface area contributed by atoms with Crippen LogP contribution in [0.5, 0.6) is 0 Å². The van der Waals surface area contributed by atoms with Gasteiger partial charge in [0.25, 0.3) is 0 Å². The van der Waals surface area contributed by atoms with E-state index in [0.29, 0.717) is 29.2 Å². The van der Waals surface area contributed by atoms with E-state index >= 15 is 0 Å². The zero-order chi connectivity index (χ0) is 17.0. The summed E-state index contributed by atoms with van der Waals surface area (Å²) in [6.45, 7) is 3.05. The van der Waals surface area contributed by atoms with Gasteiger partial charge >= 0.3 is 11.9 Å². The molecule has 23 heavy (non-hydrogen) atoms. The predicted octanol–water partition coefficient (Wildman–Crippen LogP) is 2.72. The highest BCUT2D eigenvalue weighted by molar-refractivity contribution is 6.02. The predicted molar refractivity (Wildman–Crippen MR) is 83.5 cm³/mol. The number of H-pyrrole nitrogens is 1. The van der Waals surface area contributed by atoms with E-state index in [1.807, 2.05) is 0 Å². The Morgan fingerprint density at radius 3 is 2.43 bits per heavy atom. The van der Waals surface area contributed by atoms with Gasteiger partial charge in [0, 0.05) is 12.1 Å². The van der Waals surface area contributed by atoms with E-state index < -0.39 is 5.97 Å². The third kappa shape index (κ3) is 4.00. The number of Topliss-reactive ketones (excluding diaryl/α,β-unsaturated/α-hetero) is 1. The van der Waals surface area contributed by atoms with E-state index in [4.69, 9.17) is 9.47 Å². The maximum absolute atomic E-state index is 12.2. The second kappa shape index (κ2) is 7.44. The largest absolute Gasteiger partial charge is 0.465 e. The molecule has 0 aliphatic heterocycles. The summed E-state index contributed by atoms with van der Waals surface area (Å²) in [5, 5.41) is 0. The fourth-order valence-electron chi connectivity index (χ4n) is 3.16. The molecule has 0 radical (unpaired) electrons. The number of ether oxygens (including phenoxy) is 2. The average Bonchev–Trinajstić information content (AvgIpc) is 3.12. The molecular weight excluding hydrogens is 298 g/mol. The summed E-state index contributed by atoms with van der Waals surface area (Å²) < 4.78 is 9.79. The lowest BCUT2D eigenvalue weighted by Crippen LogP contribution is -2.17. The van der Waals surface area contributed by atoms with Crippen LogP contribution in [0, 0.1) is 19.8 Å². The molecule has 126 valence electrons. The number of rotatable bonds is 6. The summed E-state index contributed by atoms with van der Waals surface area (Å²) in [6.07, 6.45) is 4.81. The van der Waals surface area contributed by atoms with E-state index in [2.05, 4.69) is 4.98 Å². The summed E-state index contributed by atoms with van der Waals surface area (Å²) in [5.41, 5.74) is 1.73. The molecule has 1 fully saturated rings. The van der Waals surface area contributed by atoms with Crippen LogP contribution < -0.4 is 0 Å². The second-order valence-electron chi connectivity index (χ2n) is 6.06. The summed E-state index contributed by atoms with van der Waals surface area (Å²) in [7, 11) is 1.29. The molecular formula is C17H23NO5. The van der Waals surface area contributed by atoms with Gasteiger partial charge in [-0.1, -0.05) is 12.8 Å². The van der Waals surface area contributed by atoms with Crippen molar-refractivity contribution in [2.75, 3.05) is 13.7 Å². The summed E-state index contributed by atoms with van der Waals surface area (Å²) >= 11 is 0. The molecule has 0 saturated heterocycles. The lowest BCUT2D eigenvalue weighted by atomic mass is 10.0. The number of aromatic nitrogens is 1. The highest BCUT2D eigenvalue weighted by Gasteiger charge is 2.24. The van der Waals surface area contributed by atoms with Crippen LogP contribution in [0.4, 0.5) is 0 Å². The second-order valence-corrected chi connectivity index (χ2v) is 6.06. The first-order valence-electron chi connectivity index (χ1n) is 7.90. The monoisotopic (exact) mass is 321 g/mol. The molecule has 1 N–H and O–H groups in total. The maximum atomic E-state index is 12.2. The van der Waals surface area contributed by atoms with Crippen molar-refractivity contribution in [2.24, 2.45) is 5.92 Å². The quantitative estimate of drug-likeness (QED) is 0.643. The van der Waals surface area contributed by atoms with Crippen LogP contribution in [-0.2, 0) is 14.3 Å². The number of ketones is 1. The van der Waals surface area contributed by atoms with Crippen LogP contribution in [0.15, 0.2) is 0 Å². The van der Waals surface area contributed by atoms with Crippen LogP contribution >= 0.6 is 0 Å². The van der Waals surface area contributed by atoms with Crippen LogP contribution in [0.25, 0.3) is 0 Å². The Labute approximate surface area is 135 Å². The van der Waals surface area contributed by atoms with Crippen LogP contribution in [-0.4, -0.2) is 36.4 Å². The smallest absolute Gasteiger partial charge is 0.339 e. The first-order valence-corrected chi connectivity index (χ1v) is 7.90. The minimum absolute atomic E-state index is 0.288. The van der Waals surface area contributed by atoms with E-state index in [9.17, 15) is 14.4 Å².